The molecule has 0 saturated carbocycles. The standard InChI is InChI=1S/C18H16BrClN2O3/c1-25-16-9-13(4-7-15(16)19)21-18(24)11-8-17(23)22(10-11)14-5-2-12(20)3-6-14/h2-7,9,11H,8,10H2,1H3,(H,21,24). The fourth-order valence-electron chi connectivity index (χ4n) is 2.74. The summed E-state index contributed by atoms with van der Waals surface area (Å²) in [5.41, 5.74) is 1.37. The number of amides is 2. The topological polar surface area (TPSA) is 58.6 Å². The summed E-state index contributed by atoms with van der Waals surface area (Å²) in [7, 11) is 1.56. The van der Waals surface area contributed by atoms with Gasteiger partial charge in [-0.1, -0.05) is 11.6 Å². The molecule has 25 heavy (non-hydrogen) atoms. The van der Waals surface area contributed by atoms with Crippen LogP contribution >= 0.6 is 27.5 Å². The van der Waals surface area contributed by atoms with Gasteiger partial charge in [0, 0.05) is 35.4 Å². The molecule has 1 unspecified atom stereocenters. The number of ether oxygens (including phenoxy) is 1. The van der Waals surface area contributed by atoms with Gasteiger partial charge in [-0.3, -0.25) is 9.59 Å². The summed E-state index contributed by atoms with van der Waals surface area (Å²) in [4.78, 5) is 26.4. The van der Waals surface area contributed by atoms with Gasteiger partial charge in [0.05, 0.1) is 17.5 Å². The molecule has 1 atom stereocenters. The summed E-state index contributed by atoms with van der Waals surface area (Å²) in [6.07, 6.45) is 0.183. The van der Waals surface area contributed by atoms with Gasteiger partial charge in [-0.25, -0.2) is 0 Å². The van der Waals surface area contributed by atoms with Crippen LogP contribution in [0.2, 0.25) is 5.02 Å². The summed E-state index contributed by atoms with van der Waals surface area (Å²) in [5, 5.41) is 3.45. The Balaban J connectivity index is 1.69. The summed E-state index contributed by atoms with van der Waals surface area (Å²) in [6, 6.07) is 12.3. The minimum absolute atomic E-state index is 0.0733. The predicted molar refractivity (Wildman–Crippen MR) is 101 cm³/mol. The second-order valence-corrected chi connectivity index (χ2v) is 7.01. The van der Waals surface area contributed by atoms with Crippen molar-refractivity contribution in [1.29, 1.82) is 0 Å². The number of anilines is 2. The van der Waals surface area contributed by atoms with Crippen molar-refractivity contribution in [3.63, 3.8) is 0 Å². The molecule has 1 heterocycles. The van der Waals surface area contributed by atoms with E-state index in [0.29, 0.717) is 23.0 Å². The molecule has 0 bridgehead atoms. The molecule has 1 fully saturated rings. The SMILES string of the molecule is COc1cc(NC(=O)C2CC(=O)N(c3ccc(Cl)cc3)C2)ccc1Br. The number of benzene rings is 2. The molecule has 5 nitrogen and oxygen atoms in total. The number of carbonyl (C=O) groups is 2. The third kappa shape index (κ3) is 3.96. The monoisotopic (exact) mass is 422 g/mol. The van der Waals surface area contributed by atoms with Gasteiger partial charge < -0.3 is 15.0 Å². The summed E-state index contributed by atoms with van der Waals surface area (Å²) in [5.74, 6) is -0.0362. The van der Waals surface area contributed by atoms with Crippen molar-refractivity contribution in [1.82, 2.24) is 0 Å². The van der Waals surface area contributed by atoms with Gasteiger partial charge in [-0.15, -0.1) is 0 Å². The molecule has 1 N–H and O–H groups in total. The maximum absolute atomic E-state index is 12.5. The highest BCUT2D eigenvalue weighted by molar-refractivity contribution is 9.10. The first-order chi connectivity index (χ1) is 12.0. The van der Waals surface area contributed by atoms with E-state index in [1.807, 2.05) is 0 Å². The first-order valence-electron chi connectivity index (χ1n) is 7.68. The minimum atomic E-state index is -0.405. The molecule has 0 aromatic heterocycles. The first-order valence-corrected chi connectivity index (χ1v) is 8.85. The van der Waals surface area contributed by atoms with Crippen molar-refractivity contribution < 1.29 is 14.3 Å². The highest BCUT2D eigenvalue weighted by Crippen LogP contribution is 2.30. The summed E-state index contributed by atoms with van der Waals surface area (Å²) >= 11 is 9.25. The second-order valence-electron chi connectivity index (χ2n) is 5.72. The van der Waals surface area contributed by atoms with Gasteiger partial charge in [0.25, 0.3) is 0 Å². The molecular formula is C18H16BrClN2O3. The van der Waals surface area contributed by atoms with Crippen molar-refractivity contribution in [2.24, 2.45) is 5.92 Å². The second kappa shape index (κ2) is 7.45. The van der Waals surface area contributed by atoms with Crippen LogP contribution in [0.5, 0.6) is 5.75 Å². The smallest absolute Gasteiger partial charge is 0.229 e. The van der Waals surface area contributed by atoms with Gasteiger partial charge >= 0.3 is 0 Å². The van der Waals surface area contributed by atoms with E-state index in [2.05, 4.69) is 21.2 Å². The van der Waals surface area contributed by atoms with E-state index in [1.54, 1.807) is 54.5 Å². The lowest BCUT2D eigenvalue weighted by atomic mass is 10.1. The van der Waals surface area contributed by atoms with E-state index in [-0.39, 0.29) is 18.2 Å². The molecule has 2 aromatic carbocycles. The Bertz CT molecular complexity index is 810. The van der Waals surface area contributed by atoms with Gasteiger partial charge in [0.2, 0.25) is 11.8 Å². The Kier molecular flexibility index (Phi) is 5.30. The van der Waals surface area contributed by atoms with Crippen LogP contribution in [0.15, 0.2) is 46.9 Å². The van der Waals surface area contributed by atoms with Crippen LogP contribution in [-0.4, -0.2) is 25.5 Å². The zero-order valence-electron chi connectivity index (χ0n) is 13.5. The average Bonchev–Trinajstić information content (AvgIpc) is 2.99. The molecule has 0 radical (unpaired) electrons. The van der Waals surface area contributed by atoms with E-state index >= 15 is 0 Å². The molecule has 1 saturated heterocycles. The molecule has 2 amide bonds. The van der Waals surface area contributed by atoms with E-state index < -0.39 is 5.92 Å². The molecule has 1 aliphatic heterocycles. The van der Waals surface area contributed by atoms with E-state index in [0.717, 1.165) is 10.2 Å². The van der Waals surface area contributed by atoms with Crippen molar-refractivity contribution in [2.75, 3.05) is 23.9 Å². The molecule has 7 heteroatoms. The first kappa shape index (κ1) is 17.8. The Morgan fingerprint density at radius 1 is 1.28 bits per heavy atom. The minimum Gasteiger partial charge on any atom is -0.495 e. The van der Waals surface area contributed by atoms with Crippen LogP contribution in [0.1, 0.15) is 6.42 Å². The molecule has 0 aliphatic carbocycles. The lowest BCUT2D eigenvalue weighted by Gasteiger charge is -2.17. The van der Waals surface area contributed by atoms with Gasteiger partial charge in [0.1, 0.15) is 5.75 Å². The van der Waals surface area contributed by atoms with Gasteiger partial charge in [-0.2, -0.15) is 0 Å². The van der Waals surface area contributed by atoms with Crippen LogP contribution < -0.4 is 15.0 Å². The highest BCUT2D eigenvalue weighted by Gasteiger charge is 2.35. The molecular weight excluding hydrogens is 408 g/mol. The average molecular weight is 424 g/mol. The van der Waals surface area contributed by atoms with Crippen molar-refractivity contribution in [3.05, 3.63) is 52.0 Å². The number of nitrogens with one attached hydrogen (secondary N) is 1. The van der Waals surface area contributed by atoms with Gasteiger partial charge in [0.15, 0.2) is 0 Å². The third-order valence-electron chi connectivity index (χ3n) is 4.05. The van der Waals surface area contributed by atoms with Crippen molar-refractivity contribution in [2.45, 2.75) is 6.42 Å². The molecule has 3 rings (SSSR count). The van der Waals surface area contributed by atoms with E-state index in [9.17, 15) is 9.59 Å². The largest absolute Gasteiger partial charge is 0.495 e. The number of nitrogens with zero attached hydrogens (tertiary/aromatic N) is 1. The highest BCUT2D eigenvalue weighted by atomic mass is 79.9. The Morgan fingerprint density at radius 2 is 2.00 bits per heavy atom. The van der Waals surface area contributed by atoms with Crippen LogP contribution in [0.4, 0.5) is 11.4 Å². The number of methoxy groups -OCH3 is 1. The fourth-order valence-corrected chi connectivity index (χ4v) is 3.27. The van der Waals surface area contributed by atoms with E-state index in [4.69, 9.17) is 16.3 Å². The maximum atomic E-state index is 12.5. The Hall–Kier alpha value is -2.05. The van der Waals surface area contributed by atoms with Crippen molar-refractivity contribution >= 4 is 50.7 Å². The zero-order valence-corrected chi connectivity index (χ0v) is 15.8. The molecule has 1 aliphatic rings. The van der Waals surface area contributed by atoms with Crippen LogP contribution in [0, 0.1) is 5.92 Å². The fraction of sp³-hybridized carbons (Fsp3) is 0.222. The van der Waals surface area contributed by atoms with Crippen LogP contribution in [-0.2, 0) is 9.59 Å². The number of halogens is 2. The quantitative estimate of drug-likeness (QED) is 0.805. The van der Waals surface area contributed by atoms with Gasteiger partial charge in [-0.05, 0) is 52.3 Å². The number of rotatable bonds is 4. The summed E-state index contributed by atoms with van der Waals surface area (Å²) < 4.78 is 6.03. The molecule has 130 valence electrons. The molecule has 0 spiro atoms. The maximum Gasteiger partial charge on any atom is 0.229 e. The third-order valence-corrected chi connectivity index (χ3v) is 4.96. The summed E-state index contributed by atoms with van der Waals surface area (Å²) in [6.45, 7) is 0.347. The molecule has 2 aromatic rings. The lowest BCUT2D eigenvalue weighted by Crippen LogP contribution is -2.28. The lowest BCUT2D eigenvalue weighted by molar-refractivity contribution is -0.122. The number of hydrogen-bond donors (Lipinski definition) is 1. The zero-order chi connectivity index (χ0) is 18.0. The Labute approximate surface area is 159 Å². The van der Waals surface area contributed by atoms with Crippen LogP contribution in [0.3, 0.4) is 0 Å². The van der Waals surface area contributed by atoms with Crippen molar-refractivity contribution in [3.8, 4) is 5.75 Å². The number of carbonyl (C=O) groups excluding carboxylic acids is 2. The number of hydrogen-bond acceptors (Lipinski definition) is 3. The normalized spacial score (nSPS) is 16.8. The predicted octanol–water partition coefficient (Wildman–Crippen LogP) is 4.10. The van der Waals surface area contributed by atoms with E-state index in [1.165, 1.54) is 0 Å². The Morgan fingerprint density at radius 3 is 2.68 bits per heavy atom. The van der Waals surface area contributed by atoms with Crippen LogP contribution in [0.25, 0.3) is 0 Å².